The van der Waals surface area contributed by atoms with Crippen LogP contribution >= 0.6 is 11.3 Å². The summed E-state index contributed by atoms with van der Waals surface area (Å²) in [5.74, 6) is 1.09. The molecule has 0 fully saturated rings. The number of ketones is 1. The number of rotatable bonds is 7. The summed E-state index contributed by atoms with van der Waals surface area (Å²) in [5, 5.41) is 5.40. The van der Waals surface area contributed by atoms with Crippen LogP contribution in [0.1, 0.15) is 48.0 Å². The molecular formula is C28H27NO5S. The Hall–Kier alpha value is -3.58. The number of thiophene rings is 1. The summed E-state index contributed by atoms with van der Waals surface area (Å²) in [5.41, 5.74) is 2.54. The monoisotopic (exact) mass is 489 g/mol. The SMILES string of the molecule is CC1=C(C(=O)OCCOc2ccccc2)[C@@H](c2ccc(C)o2)C2=C(C[C@@H](c3cccs3)CC2=O)N1. The fourth-order valence-electron chi connectivity index (χ4n) is 4.82. The molecule has 2 aliphatic rings. The van der Waals surface area contributed by atoms with E-state index in [1.54, 1.807) is 11.3 Å². The predicted octanol–water partition coefficient (Wildman–Crippen LogP) is 5.63. The maximum Gasteiger partial charge on any atom is 0.336 e. The van der Waals surface area contributed by atoms with Crippen LogP contribution < -0.4 is 10.1 Å². The third kappa shape index (κ3) is 4.82. The second-order valence-corrected chi connectivity index (χ2v) is 9.76. The van der Waals surface area contributed by atoms with Crippen molar-refractivity contribution in [2.75, 3.05) is 13.2 Å². The van der Waals surface area contributed by atoms with Crippen LogP contribution in [-0.2, 0) is 14.3 Å². The van der Waals surface area contributed by atoms with Gasteiger partial charge in [-0.15, -0.1) is 11.3 Å². The largest absolute Gasteiger partial charge is 0.490 e. The number of benzene rings is 1. The molecule has 6 nitrogen and oxygen atoms in total. The molecular weight excluding hydrogens is 462 g/mol. The molecule has 0 amide bonds. The van der Waals surface area contributed by atoms with E-state index >= 15 is 0 Å². The molecule has 1 N–H and O–H groups in total. The molecule has 2 aromatic heterocycles. The Labute approximate surface area is 208 Å². The number of dihydropyridines is 1. The Bertz CT molecular complexity index is 1290. The van der Waals surface area contributed by atoms with Crippen molar-refractivity contribution in [2.24, 2.45) is 0 Å². The highest BCUT2D eigenvalue weighted by Crippen LogP contribution is 2.46. The number of aryl methyl sites for hydroxylation is 1. The van der Waals surface area contributed by atoms with Gasteiger partial charge in [0.1, 0.15) is 30.5 Å². The number of hydrogen-bond acceptors (Lipinski definition) is 7. The summed E-state index contributed by atoms with van der Waals surface area (Å²) >= 11 is 1.67. The Kier molecular flexibility index (Phi) is 6.59. The van der Waals surface area contributed by atoms with Crippen molar-refractivity contribution in [3.8, 4) is 5.75 Å². The Morgan fingerprint density at radius 2 is 1.89 bits per heavy atom. The number of hydrogen-bond donors (Lipinski definition) is 1. The van der Waals surface area contributed by atoms with Crippen LogP contribution in [0.2, 0.25) is 0 Å². The van der Waals surface area contributed by atoms with Crippen molar-refractivity contribution in [2.45, 2.75) is 38.5 Å². The molecule has 0 saturated heterocycles. The molecule has 0 radical (unpaired) electrons. The highest BCUT2D eigenvalue weighted by atomic mass is 32.1. The summed E-state index contributed by atoms with van der Waals surface area (Å²) in [7, 11) is 0. The summed E-state index contributed by atoms with van der Waals surface area (Å²) < 4.78 is 17.2. The maximum absolute atomic E-state index is 13.5. The number of nitrogens with one attached hydrogen (secondary N) is 1. The van der Waals surface area contributed by atoms with E-state index in [1.807, 2.05) is 67.8 Å². The van der Waals surface area contributed by atoms with Gasteiger partial charge in [0.05, 0.1) is 11.5 Å². The molecule has 0 saturated carbocycles. The maximum atomic E-state index is 13.5. The number of Topliss-reactive ketones (excluding diaryl/α,β-unsaturated/α-hetero) is 1. The van der Waals surface area contributed by atoms with Crippen LogP contribution in [0.4, 0.5) is 0 Å². The van der Waals surface area contributed by atoms with Gasteiger partial charge in [0.15, 0.2) is 5.78 Å². The molecule has 1 aliphatic carbocycles. The van der Waals surface area contributed by atoms with Crippen LogP contribution in [0, 0.1) is 6.92 Å². The van der Waals surface area contributed by atoms with E-state index in [0.29, 0.717) is 41.2 Å². The normalized spacial score (nSPS) is 19.9. The minimum absolute atomic E-state index is 0.0291. The van der Waals surface area contributed by atoms with Gasteiger partial charge < -0.3 is 19.2 Å². The lowest BCUT2D eigenvalue weighted by atomic mass is 9.74. The fraction of sp³-hybridized carbons (Fsp3) is 0.286. The number of para-hydroxylation sites is 1. The first-order valence-corrected chi connectivity index (χ1v) is 12.6. The molecule has 0 spiro atoms. The fourth-order valence-corrected chi connectivity index (χ4v) is 5.65. The van der Waals surface area contributed by atoms with Crippen molar-refractivity contribution in [3.05, 3.63) is 98.9 Å². The Morgan fingerprint density at radius 1 is 1.06 bits per heavy atom. The third-order valence-electron chi connectivity index (χ3n) is 6.37. The Balaban J connectivity index is 1.39. The first-order chi connectivity index (χ1) is 17.0. The summed E-state index contributed by atoms with van der Waals surface area (Å²) in [6, 6.07) is 17.2. The van der Waals surface area contributed by atoms with Crippen LogP contribution in [0.15, 0.2) is 86.9 Å². The first-order valence-electron chi connectivity index (χ1n) is 11.7. The quantitative estimate of drug-likeness (QED) is 0.342. The van der Waals surface area contributed by atoms with Crippen molar-refractivity contribution in [1.82, 2.24) is 5.32 Å². The molecule has 3 aromatic rings. The van der Waals surface area contributed by atoms with E-state index in [2.05, 4.69) is 11.4 Å². The van der Waals surface area contributed by atoms with E-state index in [1.165, 1.54) is 4.88 Å². The van der Waals surface area contributed by atoms with Crippen molar-refractivity contribution >= 4 is 23.1 Å². The number of esters is 1. The van der Waals surface area contributed by atoms with Crippen LogP contribution in [0.3, 0.4) is 0 Å². The van der Waals surface area contributed by atoms with E-state index < -0.39 is 11.9 Å². The van der Waals surface area contributed by atoms with Crippen molar-refractivity contribution in [1.29, 1.82) is 0 Å². The van der Waals surface area contributed by atoms with Gasteiger partial charge in [-0.05, 0) is 56.0 Å². The minimum atomic E-state index is -0.598. The topological polar surface area (TPSA) is 77.8 Å². The lowest BCUT2D eigenvalue weighted by Gasteiger charge is -2.35. The van der Waals surface area contributed by atoms with Crippen LogP contribution in [0.25, 0.3) is 0 Å². The summed E-state index contributed by atoms with van der Waals surface area (Å²) in [6.07, 6.45) is 1.12. The average Bonchev–Trinajstić information content (AvgIpc) is 3.53. The van der Waals surface area contributed by atoms with E-state index in [-0.39, 0.29) is 24.9 Å². The standard InChI is InChI=1S/C28H27NO5S/c1-17-10-11-23(34-17)27-25(28(31)33-13-12-32-20-7-4-3-5-8-20)18(2)29-21-15-19(16-22(30)26(21)27)24-9-6-14-35-24/h3-11,14,19,27,29H,12-13,15-16H2,1-2H3/t19-,27-/m1/s1. The second-order valence-electron chi connectivity index (χ2n) is 8.78. The molecule has 0 bridgehead atoms. The molecule has 0 unspecified atom stereocenters. The summed E-state index contributed by atoms with van der Waals surface area (Å²) in [4.78, 5) is 28.0. The lowest BCUT2D eigenvalue weighted by molar-refractivity contribution is -0.140. The lowest BCUT2D eigenvalue weighted by Crippen LogP contribution is -2.36. The van der Waals surface area contributed by atoms with E-state index in [0.717, 1.165) is 11.5 Å². The molecule has 5 rings (SSSR count). The Morgan fingerprint density at radius 3 is 2.60 bits per heavy atom. The second kappa shape index (κ2) is 9.96. The van der Waals surface area contributed by atoms with E-state index in [9.17, 15) is 9.59 Å². The smallest absolute Gasteiger partial charge is 0.336 e. The average molecular weight is 490 g/mol. The van der Waals surface area contributed by atoms with Gasteiger partial charge in [-0.25, -0.2) is 4.79 Å². The van der Waals surface area contributed by atoms with Crippen molar-refractivity contribution < 1.29 is 23.5 Å². The zero-order chi connectivity index (χ0) is 24.4. The van der Waals surface area contributed by atoms with Gasteiger partial charge in [0.25, 0.3) is 0 Å². The molecule has 3 heterocycles. The number of carbonyl (C=O) groups excluding carboxylic acids is 2. The number of carbonyl (C=O) groups is 2. The first kappa shape index (κ1) is 23.2. The highest BCUT2D eigenvalue weighted by molar-refractivity contribution is 7.10. The molecule has 2 atom stereocenters. The number of allylic oxidation sites excluding steroid dienone is 3. The molecule has 1 aliphatic heterocycles. The van der Waals surface area contributed by atoms with Gasteiger partial charge in [0, 0.05) is 34.2 Å². The molecule has 1 aromatic carbocycles. The minimum Gasteiger partial charge on any atom is -0.490 e. The van der Waals surface area contributed by atoms with Crippen LogP contribution in [0.5, 0.6) is 5.75 Å². The third-order valence-corrected chi connectivity index (χ3v) is 7.40. The number of ether oxygens (including phenoxy) is 2. The van der Waals surface area contributed by atoms with Gasteiger partial charge >= 0.3 is 5.97 Å². The van der Waals surface area contributed by atoms with E-state index in [4.69, 9.17) is 13.9 Å². The van der Waals surface area contributed by atoms with Gasteiger partial charge in [-0.2, -0.15) is 0 Å². The number of furan rings is 1. The van der Waals surface area contributed by atoms with Gasteiger partial charge in [0.2, 0.25) is 0 Å². The summed E-state index contributed by atoms with van der Waals surface area (Å²) in [6.45, 7) is 4.03. The molecule has 180 valence electrons. The molecule has 7 heteroatoms. The van der Waals surface area contributed by atoms with Gasteiger partial charge in [-0.3, -0.25) is 4.79 Å². The van der Waals surface area contributed by atoms with Gasteiger partial charge in [-0.1, -0.05) is 24.3 Å². The van der Waals surface area contributed by atoms with Crippen molar-refractivity contribution in [3.63, 3.8) is 0 Å². The van der Waals surface area contributed by atoms with Crippen LogP contribution in [-0.4, -0.2) is 25.0 Å². The zero-order valence-corrected chi connectivity index (χ0v) is 20.5. The molecule has 35 heavy (non-hydrogen) atoms. The highest BCUT2D eigenvalue weighted by Gasteiger charge is 2.43. The zero-order valence-electron chi connectivity index (χ0n) is 19.7. The predicted molar refractivity (Wildman–Crippen MR) is 133 cm³/mol.